The third kappa shape index (κ3) is 3.23. The van der Waals surface area contributed by atoms with Gasteiger partial charge in [0.05, 0.1) is 29.2 Å². The van der Waals surface area contributed by atoms with Gasteiger partial charge in [-0.05, 0) is 38.5 Å². The summed E-state index contributed by atoms with van der Waals surface area (Å²) in [4.78, 5) is 12.7. The van der Waals surface area contributed by atoms with Gasteiger partial charge in [0, 0.05) is 0 Å². The second-order valence-corrected chi connectivity index (χ2v) is 6.45. The molecule has 0 spiro atoms. The van der Waals surface area contributed by atoms with Crippen LogP contribution in [0.2, 0.25) is 0 Å². The molecule has 0 bridgehead atoms. The van der Waals surface area contributed by atoms with Crippen LogP contribution in [-0.2, 0) is 10.2 Å². The van der Waals surface area contributed by atoms with Crippen LogP contribution in [-0.4, -0.2) is 15.7 Å². The summed E-state index contributed by atoms with van der Waals surface area (Å²) in [6.45, 7) is 5.89. The summed E-state index contributed by atoms with van der Waals surface area (Å²) >= 11 is 0. The van der Waals surface area contributed by atoms with E-state index >= 15 is 0 Å². The Labute approximate surface area is 142 Å². The van der Waals surface area contributed by atoms with Crippen molar-refractivity contribution in [3.8, 4) is 5.69 Å². The third-order valence-corrected chi connectivity index (χ3v) is 4.20. The smallest absolute Gasteiger partial charge is 0.234 e. The van der Waals surface area contributed by atoms with E-state index in [9.17, 15) is 4.79 Å². The summed E-state index contributed by atoms with van der Waals surface area (Å²) in [6.07, 6.45) is 3.48. The van der Waals surface area contributed by atoms with Crippen molar-refractivity contribution < 1.29 is 4.79 Å². The predicted molar refractivity (Wildman–Crippen MR) is 96.4 cm³/mol. The Morgan fingerprint density at radius 1 is 1.04 bits per heavy atom. The number of carbonyl (C=O) groups excluding carboxylic acids is 1. The Bertz CT molecular complexity index is 833. The molecule has 0 fully saturated rings. The van der Waals surface area contributed by atoms with Crippen LogP contribution in [0.5, 0.6) is 0 Å². The monoisotopic (exact) mass is 319 g/mol. The zero-order chi connectivity index (χ0) is 17.2. The lowest BCUT2D eigenvalue weighted by Gasteiger charge is -2.24. The first-order valence-corrected chi connectivity index (χ1v) is 7.95. The fraction of sp³-hybridized carbons (Fsp3) is 0.200. The molecule has 4 nitrogen and oxygen atoms in total. The Morgan fingerprint density at radius 3 is 2.38 bits per heavy atom. The summed E-state index contributed by atoms with van der Waals surface area (Å²) in [5.74, 6) is -0.0565. The zero-order valence-corrected chi connectivity index (χ0v) is 14.2. The van der Waals surface area contributed by atoms with Crippen molar-refractivity contribution in [3.05, 3.63) is 78.1 Å². The van der Waals surface area contributed by atoms with Gasteiger partial charge < -0.3 is 5.32 Å². The number of carbonyl (C=O) groups is 1. The topological polar surface area (TPSA) is 46.9 Å². The number of hydrogen-bond acceptors (Lipinski definition) is 2. The summed E-state index contributed by atoms with van der Waals surface area (Å²) in [7, 11) is 0. The quantitative estimate of drug-likeness (QED) is 0.787. The van der Waals surface area contributed by atoms with Gasteiger partial charge in [0.1, 0.15) is 0 Å². The minimum atomic E-state index is -0.622. The third-order valence-electron chi connectivity index (χ3n) is 4.20. The lowest BCUT2D eigenvalue weighted by atomic mass is 9.83. The van der Waals surface area contributed by atoms with Crippen molar-refractivity contribution >= 4 is 11.6 Å². The zero-order valence-electron chi connectivity index (χ0n) is 14.2. The second kappa shape index (κ2) is 6.32. The summed E-state index contributed by atoms with van der Waals surface area (Å²) in [5, 5.41) is 7.27. The lowest BCUT2D eigenvalue weighted by molar-refractivity contribution is -0.120. The van der Waals surface area contributed by atoms with Gasteiger partial charge in [-0.15, -0.1) is 0 Å². The van der Waals surface area contributed by atoms with Gasteiger partial charge in [-0.3, -0.25) is 4.79 Å². The Kier molecular flexibility index (Phi) is 4.21. The maximum Gasteiger partial charge on any atom is 0.234 e. The van der Waals surface area contributed by atoms with Gasteiger partial charge in [0.15, 0.2) is 0 Å². The fourth-order valence-electron chi connectivity index (χ4n) is 2.50. The number of nitrogens with one attached hydrogen (secondary N) is 1. The van der Waals surface area contributed by atoms with E-state index in [2.05, 4.69) is 10.4 Å². The molecule has 0 aliphatic carbocycles. The van der Waals surface area contributed by atoms with Crippen LogP contribution in [0.25, 0.3) is 5.69 Å². The molecule has 2 aromatic carbocycles. The number of aryl methyl sites for hydroxylation is 1. The molecular weight excluding hydrogens is 298 g/mol. The highest BCUT2D eigenvalue weighted by atomic mass is 16.2. The molecule has 1 N–H and O–H groups in total. The van der Waals surface area contributed by atoms with Crippen LogP contribution in [0, 0.1) is 6.92 Å². The molecule has 122 valence electrons. The van der Waals surface area contributed by atoms with E-state index in [-0.39, 0.29) is 5.91 Å². The van der Waals surface area contributed by atoms with Crippen molar-refractivity contribution in [1.29, 1.82) is 0 Å². The van der Waals surface area contributed by atoms with Gasteiger partial charge >= 0.3 is 0 Å². The van der Waals surface area contributed by atoms with Gasteiger partial charge in [0.25, 0.3) is 0 Å². The minimum absolute atomic E-state index is 0.0565. The molecule has 0 saturated carbocycles. The second-order valence-electron chi connectivity index (χ2n) is 6.45. The number of rotatable bonds is 4. The van der Waals surface area contributed by atoms with Crippen LogP contribution in [0.1, 0.15) is 25.0 Å². The molecule has 3 aromatic rings. The molecule has 3 rings (SSSR count). The predicted octanol–water partition coefficient (Wildman–Crippen LogP) is 4.10. The lowest BCUT2D eigenvalue weighted by Crippen LogP contribution is -2.34. The Balaban J connectivity index is 1.77. The minimum Gasteiger partial charge on any atom is -0.323 e. The van der Waals surface area contributed by atoms with E-state index in [1.165, 1.54) is 5.56 Å². The van der Waals surface area contributed by atoms with E-state index in [4.69, 9.17) is 0 Å². The standard InChI is InChI=1S/C20H21N3O/c1-15-9-11-16(12-10-15)20(2,3)19(24)22-17-13-21-23(14-17)18-7-5-4-6-8-18/h4-14H,1-3H3,(H,22,24). The largest absolute Gasteiger partial charge is 0.323 e. The maximum absolute atomic E-state index is 12.7. The van der Waals surface area contributed by atoms with E-state index in [1.54, 1.807) is 10.9 Å². The van der Waals surface area contributed by atoms with Crippen LogP contribution in [0.3, 0.4) is 0 Å². The van der Waals surface area contributed by atoms with E-state index in [1.807, 2.05) is 81.6 Å². The molecule has 1 aromatic heterocycles. The first-order valence-electron chi connectivity index (χ1n) is 7.95. The molecule has 1 heterocycles. The van der Waals surface area contributed by atoms with Crippen LogP contribution >= 0.6 is 0 Å². The molecule has 24 heavy (non-hydrogen) atoms. The molecule has 0 atom stereocenters. The molecule has 0 aliphatic heterocycles. The average Bonchev–Trinajstić information content (AvgIpc) is 3.04. The molecule has 0 saturated heterocycles. The molecule has 0 aliphatic rings. The van der Waals surface area contributed by atoms with Gasteiger partial charge in [-0.25, -0.2) is 4.68 Å². The Hall–Kier alpha value is -2.88. The normalized spacial score (nSPS) is 11.3. The van der Waals surface area contributed by atoms with E-state index in [0.29, 0.717) is 5.69 Å². The average molecular weight is 319 g/mol. The van der Waals surface area contributed by atoms with Gasteiger partial charge in [-0.2, -0.15) is 5.10 Å². The fourth-order valence-corrected chi connectivity index (χ4v) is 2.50. The number of benzene rings is 2. The van der Waals surface area contributed by atoms with Crippen molar-refractivity contribution in [3.63, 3.8) is 0 Å². The van der Waals surface area contributed by atoms with Gasteiger partial charge in [-0.1, -0.05) is 48.0 Å². The molecule has 0 unspecified atom stereocenters. The van der Waals surface area contributed by atoms with Crippen molar-refractivity contribution in [2.75, 3.05) is 5.32 Å². The van der Waals surface area contributed by atoms with Crippen LogP contribution in [0.4, 0.5) is 5.69 Å². The number of anilines is 1. The molecule has 0 radical (unpaired) electrons. The van der Waals surface area contributed by atoms with Crippen LogP contribution < -0.4 is 5.32 Å². The number of hydrogen-bond donors (Lipinski definition) is 1. The first kappa shape index (κ1) is 16.0. The number of amides is 1. The highest BCUT2D eigenvalue weighted by Crippen LogP contribution is 2.25. The number of nitrogens with zero attached hydrogens (tertiary/aromatic N) is 2. The molecule has 4 heteroatoms. The SMILES string of the molecule is Cc1ccc(C(C)(C)C(=O)Nc2cnn(-c3ccccc3)c2)cc1. The summed E-state index contributed by atoms with van der Waals surface area (Å²) in [5.41, 5.74) is 3.18. The van der Waals surface area contributed by atoms with Crippen LogP contribution in [0.15, 0.2) is 67.0 Å². The number of aromatic nitrogens is 2. The van der Waals surface area contributed by atoms with E-state index < -0.39 is 5.41 Å². The van der Waals surface area contributed by atoms with E-state index in [0.717, 1.165) is 11.3 Å². The molecular formula is C20H21N3O. The summed E-state index contributed by atoms with van der Waals surface area (Å²) in [6, 6.07) is 17.9. The van der Waals surface area contributed by atoms with Crippen molar-refractivity contribution in [2.24, 2.45) is 0 Å². The van der Waals surface area contributed by atoms with Crippen molar-refractivity contribution in [1.82, 2.24) is 9.78 Å². The summed E-state index contributed by atoms with van der Waals surface area (Å²) < 4.78 is 1.74. The maximum atomic E-state index is 12.7. The first-order chi connectivity index (χ1) is 11.5. The Morgan fingerprint density at radius 2 is 1.71 bits per heavy atom. The highest BCUT2D eigenvalue weighted by Gasteiger charge is 2.30. The van der Waals surface area contributed by atoms with Crippen molar-refractivity contribution in [2.45, 2.75) is 26.2 Å². The molecule has 1 amide bonds. The number of para-hydroxylation sites is 1. The highest BCUT2D eigenvalue weighted by molar-refractivity contribution is 5.98. The van der Waals surface area contributed by atoms with Gasteiger partial charge in [0.2, 0.25) is 5.91 Å².